The Labute approximate surface area is 149 Å². The molecule has 0 radical (unpaired) electrons. The van der Waals surface area contributed by atoms with Crippen molar-refractivity contribution in [2.75, 3.05) is 40.3 Å². The van der Waals surface area contributed by atoms with E-state index < -0.39 is 0 Å². The van der Waals surface area contributed by atoms with Gasteiger partial charge in [0.1, 0.15) is 0 Å². The summed E-state index contributed by atoms with van der Waals surface area (Å²) in [5, 5.41) is 0. The lowest BCUT2D eigenvalue weighted by Crippen LogP contribution is -2.40. The lowest BCUT2D eigenvalue weighted by Gasteiger charge is -2.44. The number of hydrogen-bond acceptors (Lipinski definition) is 2. The average molecular weight is 329 g/mol. The highest BCUT2D eigenvalue weighted by molar-refractivity contribution is 5.31. The monoisotopic (exact) mass is 328 g/mol. The number of rotatable bonds is 5. The van der Waals surface area contributed by atoms with Crippen LogP contribution in [0, 0.1) is 11.3 Å². The summed E-state index contributed by atoms with van der Waals surface area (Å²) in [7, 11) is 4.37. The number of fused-ring (bicyclic) bond motifs is 1. The van der Waals surface area contributed by atoms with Crippen molar-refractivity contribution in [2.45, 2.75) is 51.9 Å². The number of nitrogens with zero attached hydrogens (tertiary/aromatic N) is 2. The zero-order valence-corrected chi connectivity index (χ0v) is 16.1. The van der Waals surface area contributed by atoms with E-state index in [-0.39, 0.29) is 0 Å². The fraction of sp³-hybridized carbons (Fsp3) is 0.727. The second-order valence-electron chi connectivity index (χ2n) is 8.47. The quantitative estimate of drug-likeness (QED) is 0.798. The van der Waals surface area contributed by atoms with Crippen molar-refractivity contribution in [3.05, 3.63) is 35.4 Å². The number of likely N-dealkylation sites (tertiary alicyclic amines) is 1. The second-order valence-corrected chi connectivity index (χ2v) is 8.47. The highest BCUT2D eigenvalue weighted by Gasteiger charge is 2.42. The van der Waals surface area contributed by atoms with Gasteiger partial charge in [0, 0.05) is 6.54 Å². The van der Waals surface area contributed by atoms with E-state index in [2.05, 4.69) is 55.1 Å². The van der Waals surface area contributed by atoms with Crippen LogP contribution in [0.25, 0.3) is 0 Å². The predicted octanol–water partition coefficient (Wildman–Crippen LogP) is 4.24. The van der Waals surface area contributed by atoms with Crippen LogP contribution in [0.3, 0.4) is 0 Å². The van der Waals surface area contributed by atoms with E-state index in [4.69, 9.17) is 0 Å². The molecule has 1 aliphatic carbocycles. The van der Waals surface area contributed by atoms with Crippen LogP contribution >= 0.6 is 0 Å². The second kappa shape index (κ2) is 8.01. The number of hydrogen-bond donors (Lipinski definition) is 0. The predicted molar refractivity (Wildman–Crippen MR) is 104 cm³/mol. The van der Waals surface area contributed by atoms with E-state index >= 15 is 0 Å². The van der Waals surface area contributed by atoms with Crippen molar-refractivity contribution in [2.24, 2.45) is 11.3 Å². The van der Waals surface area contributed by atoms with E-state index in [1.165, 1.54) is 71.1 Å². The molecule has 0 aromatic heterocycles. The van der Waals surface area contributed by atoms with Crippen LogP contribution in [0.15, 0.2) is 24.3 Å². The fourth-order valence-corrected chi connectivity index (χ4v) is 5.22. The molecule has 0 amide bonds. The summed E-state index contributed by atoms with van der Waals surface area (Å²) < 4.78 is 0. The van der Waals surface area contributed by atoms with Gasteiger partial charge in [0.15, 0.2) is 0 Å². The third kappa shape index (κ3) is 4.03. The van der Waals surface area contributed by atoms with Gasteiger partial charge in [-0.1, -0.05) is 37.6 Å². The van der Waals surface area contributed by atoms with Gasteiger partial charge in [-0.05, 0) is 94.7 Å². The molecule has 3 rings (SSSR count). The molecule has 1 spiro atoms. The number of aryl methyl sites for hydroxylation is 1. The Bertz CT molecular complexity index is 524. The van der Waals surface area contributed by atoms with E-state index in [0.29, 0.717) is 5.41 Å². The minimum Gasteiger partial charge on any atom is -0.309 e. The molecule has 1 fully saturated rings. The maximum Gasteiger partial charge on any atom is 0.00150 e. The topological polar surface area (TPSA) is 6.48 Å². The lowest BCUT2D eigenvalue weighted by molar-refractivity contribution is 0.104. The zero-order valence-electron chi connectivity index (χ0n) is 16.1. The van der Waals surface area contributed by atoms with Crippen LogP contribution in [0.5, 0.6) is 0 Å². The van der Waals surface area contributed by atoms with Gasteiger partial charge >= 0.3 is 0 Å². The third-order valence-corrected chi connectivity index (χ3v) is 6.62. The molecule has 2 nitrogen and oxygen atoms in total. The summed E-state index contributed by atoms with van der Waals surface area (Å²) in [6, 6.07) is 9.20. The van der Waals surface area contributed by atoms with E-state index in [1.807, 2.05) is 0 Å². The molecule has 0 saturated carbocycles. The van der Waals surface area contributed by atoms with Gasteiger partial charge in [0.25, 0.3) is 0 Å². The molecule has 1 heterocycles. The van der Waals surface area contributed by atoms with Crippen molar-refractivity contribution in [3.8, 4) is 0 Å². The van der Waals surface area contributed by atoms with Crippen molar-refractivity contribution in [1.82, 2.24) is 9.80 Å². The molecule has 1 aromatic carbocycles. The first-order valence-corrected chi connectivity index (χ1v) is 10.1. The van der Waals surface area contributed by atoms with Gasteiger partial charge in [0.05, 0.1) is 0 Å². The Hall–Kier alpha value is -0.860. The first-order chi connectivity index (χ1) is 11.6. The van der Waals surface area contributed by atoms with Gasteiger partial charge in [-0.25, -0.2) is 0 Å². The molecule has 1 aliphatic heterocycles. The van der Waals surface area contributed by atoms with Gasteiger partial charge < -0.3 is 9.80 Å². The minimum atomic E-state index is 0.569. The highest BCUT2D eigenvalue weighted by atomic mass is 15.1. The van der Waals surface area contributed by atoms with Gasteiger partial charge in [0.2, 0.25) is 0 Å². The SMILES string of the molecule is CCC1CN(CCCN(C)C)CCCC12CCc1ccccc1C2. The third-order valence-electron chi connectivity index (χ3n) is 6.62. The molecule has 2 atom stereocenters. The van der Waals surface area contributed by atoms with Crippen molar-refractivity contribution in [3.63, 3.8) is 0 Å². The molecule has 24 heavy (non-hydrogen) atoms. The average Bonchev–Trinajstić information content (AvgIpc) is 2.74. The molecule has 134 valence electrons. The highest BCUT2D eigenvalue weighted by Crippen LogP contribution is 2.47. The van der Waals surface area contributed by atoms with E-state index in [0.717, 1.165) is 5.92 Å². The summed E-state index contributed by atoms with van der Waals surface area (Å²) >= 11 is 0. The molecular weight excluding hydrogens is 292 g/mol. The van der Waals surface area contributed by atoms with Crippen LogP contribution < -0.4 is 0 Å². The molecule has 2 unspecified atom stereocenters. The molecule has 1 aromatic rings. The Balaban J connectivity index is 1.68. The Morgan fingerprint density at radius 2 is 1.96 bits per heavy atom. The maximum absolute atomic E-state index is 2.77. The summed E-state index contributed by atoms with van der Waals surface area (Å²) in [6.07, 6.45) is 9.50. The standard InChI is InChI=1S/C22H36N2/c1-4-21-18-24(16-8-14-23(2)3)15-7-12-22(21)13-11-19-9-5-6-10-20(19)17-22/h5-6,9-10,21H,4,7-8,11-18H2,1-3H3. The zero-order chi connectivity index (χ0) is 17.0. The number of benzene rings is 1. The van der Waals surface area contributed by atoms with Crippen LogP contribution in [-0.2, 0) is 12.8 Å². The van der Waals surface area contributed by atoms with Crippen LogP contribution in [-0.4, -0.2) is 50.1 Å². The van der Waals surface area contributed by atoms with Gasteiger partial charge in [-0.15, -0.1) is 0 Å². The van der Waals surface area contributed by atoms with Gasteiger partial charge in [-0.3, -0.25) is 0 Å². The van der Waals surface area contributed by atoms with Gasteiger partial charge in [-0.2, -0.15) is 0 Å². The maximum atomic E-state index is 2.77. The minimum absolute atomic E-state index is 0.569. The summed E-state index contributed by atoms with van der Waals surface area (Å²) in [5.74, 6) is 0.868. The molecule has 2 heteroatoms. The van der Waals surface area contributed by atoms with Crippen molar-refractivity contribution >= 4 is 0 Å². The Kier molecular flexibility index (Phi) is 5.99. The first kappa shape index (κ1) is 17.9. The molecule has 0 bridgehead atoms. The Morgan fingerprint density at radius 3 is 2.71 bits per heavy atom. The summed E-state index contributed by atoms with van der Waals surface area (Å²) in [6.45, 7) is 7.56. The van der Waals surface area contributed by atoms with Crippen LogP contribution in [0.4, 0.5) is 0 Å². The summed E-state index contributed by atoms with van der Waals surface area (Å²) in [4.78, 5) is 5.08. The van der Waals surface area contributed by atoms with Crippen LogP contribution in [0.2, 0.25) is 0 Å². The largest absolute Gasteiger partial charge is 0.309 e. The normalized spacial score (nSPS) is 28.1. The summed E-state index contributed by atoms with van der Waals surface area (Å²) in [5.41, 5.74) is 3.83. The lowest BCUT2D eigenvalue weighted by atomic mass is 9.62. The van der Waals surface area contributed by atoms with E-state index in [9.17, 15) is 0 Å². The van der Waals surface area contributed by atoms with E-state index in [1.54, 1.807) is 11.1 Å². The first-order valence-electron chi connectivity index (χ1n) is 10.1. The van der Waals surface area contributed by atoms with Crippen molar-refractivity contribution in [1.29, 1.82) is 0 Å². The fourth-order valence-electron chi connectivity index (χ4n) is 5.22. The molecule has 0 N–H and O–H groups in total. The van der Waals surface area contributed by atoms with Crippen LogP contribution in [0.1, 0.15) is 50.2 Å². The smallest absolute Gasteiger partial charge is 0.00150 e. The van der Waals surface area contributed by atoms with Crippen molar-refractivity contribution < 1.29 is 0 Å². The molecule has 1 saturated heterocycles. The Morgan fingerprint density at radius 1 is 1.17 bits per heavy atom. The molecular formula is C22H36N2. The molecule has 2 aliphatic rings.